The lowest BCUT2D eigenvalue weighted by Gasteiger charge is -2.07. The van der Waals surface area contributed by atoms with Crippen molar-refractivity contribution in [2.45, 2.75) is 6.54 Å². The van der Waals surface area contributed by atoms with Gasteiger partial charge in [0.2, 0.25) is 5.88 Å². The van der Waals surface area contributed by atoms with Crippen LogP contribution < -0.4 is 0 Å². The highest BCUT2D eigenvalue weighted by molar-refractivity contribution is 6.30. The number of nitrogens with zero attached hydrogens (tertiary/aromatic N) is 4. The van der Waals surface area contributed by atoms with Crippen molar-refractivity contribution in [3.05, 3.63) is 89.2 Å². The molecule has 2 heterocycles. The minimum atomic E-state index is -0.503. The number of halogens is 1. The third-order valence-corrected chi connectivity index (χ3v) is 4.59. The summed E-state index contributed by atoms with van der Waals surface area (Å²) >= 11 is 5.95. The second kappa shape index (κ2) is 7.62. The van der Waals surface area contributed by atoms with Crippen LogP contribution in [0, 0.1) is 0 Å². The number of carbonyl (C=O) groups excluding carboxylic acids is 1. The van der Waals surface area contributed by atoms with E-state index in [4.69, 9.17) is 11.6 Å². The van der Waals surface area contributed by atoms with Crippen molar-refractivity contribution < 1.29 is 9.90 Å². The topological polar surface area (TPSA) is 79.8 Å². The quantitative estimate of drug-likeness (QED) is 0.476. The summed E-state index contributed by atoms with van der Waals surface area (Å²) in [6.07, 6.45) is 3.02. The largest absolute Gasteiger partial charge is 0.493 e. The summed E-state index contributed by atoms with van der Waals surface area (Å²) in [4.78, 5) is 16.1. The first-order valence-corrected chi connectivity index (χ1v) is 8.92. The number of benzene rings is 2. The van der Waals surface area contributed by atoms with Crippen LogP contribution >= 0.6 is 11.6 Å². The minimum Gasteiger partial charge on any atom is -0.493 e. The number of para-hydroxylation sites is 1. The number of rotatable bonds is 4. The molecule has 1 N–H and O–H groups in total. The highest BCUT2D eigenvalue weighted by Gasteiger charge is 2.17. The van der Waals surface area contributed by atoms with Gasteiger partial charge < -0.3 is 9.67 Å². The zero-order valence-corrected chi connectivity index (χ0v) is 15.4. The zero-order valence-electron chi connectivity index (χ0n) is 14.7. The lowest BCUT2D eigenvalue weighted by atomic mass is 10.2. The summed E-state index contributed by atoms with van der Waals surface area (Å²) in [7, 11) is 0. The SMILES string of the molecule is O=C(N=Nc1c(O)n(Cc2ccc(Cl)cc2)c2ccccc12)c1ccncc1. The smallest absolute Gasteiger partial charge is 0.295 e. The Hall–Kier alpha value is -3.51. The van der Waals surface area contributed by atoms with Gasteiger partial charge >= 0.3 is 0 Å². The Bertz CT molecular complexity index is 1170. The van der Waals surface area contributed by atoms with Crippen molar-refractivity contribution in [2.75, 3.05) is 0 Å². The molecule has 0 radical (unpaired) electrons. The molecular weight excluding hydrogens is 376 g/mol. The van der Waals surface area contributed by atoms with Crippen molar-refractivity contribution >= 4 is 34.1 Å². The molecule has 2 aromatic carbocycles. The summed E-state index contributed by atoms with van der Waals surface area (Å²) in [5.74, 6) is -0.557. The standard InChI is InChI=1S/C21H15ClN4O2/c22-16-7-5-14(6-8-16)13-26-18-4-2-1-3-17(18)19(21(26)28)24-25-20(27)15-9-11-23-12-10-15/h1-12,28H,13H2. The van der Waals surface area contributed by atoms with E-state index in [9.17, 15) is 9.90 Å². The monoisotopic (exact) mass is 390 g/mol. The molecule has 1 amide bonds. The Labute approximate surface area is 165 Å². The van der Waals surface area contributed by atoms with Gasteiger partial charge in [-0.2, -0.15) is 0 Å². The molecule has 0 atom stereocenters. The van der Waals surface area contributed by atoms with Gasteiger partial charge in [0.05, 0.1) is 12.1 Å². The normalized spacial score (nSPS) is 11.3. The van der Waals surface area contributed by atoms with Gasteiger partial charge in [0.15, 0.2) is 5.69 Å². The van der Waals surface area contributed by atoms with Crippen LogP contribution in [0.4, 0.5) is 5.69 Å². The van der Waals surface area contributed by atoms with Crippen LogP contribution in [0.25, 0.3) is 10.9 Å². The zero-order chi connectivity index (χ0) is 19.5. The van der Waals surface area contributed by atoms with Crippen LogP contribution in [0.3, 0.4) is 0 Å². The fourth-order valence-electron chi connectivity index (χ4n) is 2.95. The Morgan fingerprint density at radius 2 is 1.75 bits per heavy atom. The number of hydrogen-bond acceptors (Lipinski definition) is 4. The van der Waals surface area contributed by atoms with E-state index in [-0.39, 0.29) is 11.6 Å². The van der Waals surface area contributed by atoms with Crippen LogP contribution in [0.1, 0.15) is 15.9 Å². The van der Waals surface area contributed by atoms with E-state index in [1.165, 1.54) is 12.4 Å². The van der Waals surface area contributed by atoms with E-state index in [1.54, 1.807) is 28.8 Å². The molecule has 0 saturated carbocycles. The van der Waals surface area contributed by atoms with E-state index >= 15 is 0 Å². The summed E-state index contributed by atoms with van der Waals surface area (Å²) in [6.45, 7) is 0.428. The summed E-state index contributed by atoms with van der Waals surface area (Å²) in [6, 6.07) is 17.9. The number of carbonyl (C=O) groups is 1. The molecule has 0 unspecified atom stereocenters. The van der Waals surface area contributed by atoms with Crippen LogP contribution in [0.5, 0.6) is 5.88 Å². The second-order valence-corrected chi connectivity index (χ2v) is 6.58. The van der Waals surface area contributed by atoms with Crippen molar-refractivity contribution in [3.8, 4) is 5.88 Å². The fraction of sp³-hybridized carbons (Fsp3) is 0.0476. The molecule has 0 saturated heterocycles. The van der Waals surface area contributed by atoms with E-state index in [0.717, 1.165) is 11.1 Å². The second-order valence-electron chi connectivity index (χ2n) is 6.14. The number of aromatic hydroxyl groups is 1. The number of azo groups is 1. The lowest BCUT2D eigenvalue weighted by molar-refractivity contribution is 0.0995. The van der Waals surface area contributed by atoms with Gasteiger partial charge in [-0.25, -0.2) is 0 Å². The first kappa shape index (κ1) is 17.9. The molecule has 2 aromatic heterocycles. The van der Waals surface area contributed by atoms with Gasteiger partial charge in [-0.3, -0.25) is 9.78 Å². The molecule has 0 aliphatic heterocycles. The summed E-state index contributed by atoms with van der Waals surface area (Å²) in [5.41, 5.74) is 2.40. The van der Waals surface area contributed by atoms with Crippen molar-refractivity contribution in [3.63, 3.8) is 0 Å². The Morgan fingerprint density at radius 3 is 2.50 bits per heavy atom. The van der Waals surface area contributed by atoms with Crippen molar-refractivity contribution in [2.24, 2.45) is 10.2 Å². The molecule has 4 rings (SSSR count). The number of fused-ring (bicyclic) bond motifs is 1. The Kier molecular flexibility index (Phi) is 4.87. The molecule has 6 nitrogen and oxygen atoms in total. The van der Waals surface area contributed by atoms with Gasteiger partial charge in [-0.1, -0.05) is 41.9 Å². The van der Waals surface area contributed by atoms with Gasteiger partial charge in [0.25, 0.3) is 5.91 Å². The predicted molar refractivity (Wildman–Crippen MR) is 107 cm³/mol. The first-order chi connectivity index (χ1) is 13.6. The van der Waals surface area contributed by atoms with E-state index in [0.29, 0.717) is 22.5 Å². The van der Waals surface area contributed by atoms with E-state index in [2.05, 4.69) is 15.2 Å². The predicted octanol–water partition coefficient (Wildman–Crippen LogP) is 5.37. The molecule has 4 aromatic rings. The van der Waals surface area contributed by atoms with E-state index < -0.39 is 5.91 Å². The molecule has 0 fully saturated rings. The average Bonchev–Trinajstić information content (AvgIpc) is 3.00. The van der Waals surface area contributed by atoms with Crippen LogP contribution in [0.2, 0.25) is 5.02 Å². The molecular formula is C21H15ClN4O2. The molecule has 138 valence electrons. The summed E-state index contributed by atoms with van der Waals surface area (Å²) < 4.78 is 1.73. The average molecular weight is 391 g/mol. The number of amides is 1. The maximum Gasteiger partial charge on any atom is 0.295 e. The van der Waals surface area contributed by atoms with Crippen molar-refractivity contribution in [1.29, 1.82) is 0 Å². The van der Waals surface area contributed by atoms with Crippen LogP contribution in [-0.2, 0) is 6.54 Å². The fourth-order valence-corrected chi connectivity index (χ4v) is 3.08. The van der Waals surface area contributed by atoms with Gasteiger partial charge in [-0.15, -0.1) is 10.2 Å². The third kappa shape index (κ3) is 3.50. The van der Waals surface area contributed by atoms with Gasteiger partial charge in [0, 0.05) is 28.4 Å². The molecule has 0 aliphatic carbocycles. The molecule has 0 bridgehead atoms. The molecule has 0 aliphatic rings. The van der Waals surface area contributed by atoms with Crippen molar-refractivity contribution in [1.82, 2.24) is 9.55 Å². The van der Waals surface area contributed by atoms with Gasteiger partial charge in [0.1, 0.15) is 0 Å². The third-order valence-electron chi connectivity index (χ3n) is 4.34. The minimum absolute atomic E-state index is 0.0533. The maximum atomic E-state index is 12.2. The van der Waals surface area contributed by atoms with E-state index in [1.807, 2.05) is 36.4 Å². The molecule has 28 heavy (non-hydrogen) atoms. The highest BCUT2D eigenvalue weighted by Crippen LogP contribution is 2.39. The molecule has 0 spiro atoms. The Morgan fingerprint density at radius 1 is 1.04 bits per heavy atom. The lowest BCUT2D eigenvalue weighted by Crippen LogP contribution is -1.98. The summed E-state index contributed by atoms with van der Waals surface area (Å²) in [5, 5.41) is 20.0. The first-order valence-electron chi connectivity index (χ1n) is 8.54. The number of aromatic nitrogens is 2. The maximum absolute atomic E-state index is 12.2. The number of pyridine rings is 1. The van der Waals surface area contributed by atoms with Gasteiger partial charge in [-0.05, 0) is 35.9 Å². The number of hydrogen-bond donors (Lipinski definition) is 1. The molecule has 7 heteroatoms. The Balaban J connectivity index is 1.73. The van der Waals surface area contributed by atoms with Crippen LogP contribution in [-0.4, -0.2) is 20.6 Å². The van der Waals surface area contributed by atoms with Crippen LogP contribution in [0.15, 0.2) is 83.3 Å². The highest BCUT2D eigenvalue weighted by atomic mass is 35.5.